The van der Waals surface area contributed by atoms with Crippen molar-refractivity contribution in [2.24, 2.45) is 0 Å². The summed E-state index contributed by atoms with van der Waals surface area (Å²) in [6.45, 7) is 1.88. The molecule has 0 spiro atoms. The minimum atomic E-state index is -0.210. The van der Waals surface area contributed by atoms with Crippen molar-refractivity contribution in [3.8, 4) is 5.75 Å². The van der Waals surface area contributed by atoms with Gasteiger partial charge in [-0.25, -0.2) is 0 Å². The van der Waals surface area contributed by atoms with Crippen molar-refractivity contribution in [2.75, 3.05) is 25.3 Å². The molecule has 0 bridgehead atoms. The number of carbonyl (C=O) groups is 1. The van der Waals surface area contributed by atoms with Crippen molar-refractivity contribution in [3.05, 3.63) is 23.8 Å². The maximum absolute atomic E-state index is 10.4. The van der Waals surface area contributed by atoms with E-state index in [2.05, 4.69) is 0 Å². The van der Waals surface area contributed by atoms with Crippen LogP contribution in [-0.4, -0.2) is 31.8 Å². The van der Waals surface area contributed by atoms with Crippen LogP contribution in [0.25, 0.3) is 0 Å². The van der Waals surface area contributed by atoms with E-state index in [-0.39, 0.29) is 13.3 Å². The molecule has 0 unspecified atom stereocenters. The normalized spacial score (nSPS) is 9.80. The van der Waals surface area contributed by atoms with Crippen LogP contribution in [0.4, 0.5) is 5.69 Å². The summed E-state index contributed by atoms with van der Waals surface area (Å²) in [5.41, 5.74) is 1.78. The number of aldehydes is 1. The van der Waals surface area contributed by atoms with Gasteiger partial charge in [0.15, 0.2) is 0 Å². The molecule has 0 aliphatic rings. The number of methoxy groups -OCH3 is 1. The molecule has 0 radical (unpaired) electrons. The van der Waals surface area contributed by atoms with Gasteiger partial charge in [0.05, 0.1) is 19.3 Å². The lowest BCUT2D eigenvalue weighted by Crippen LogP contribution is -2.26. The lowest BCUT2D eigenvalue weighted by Gasteiger charge is -2.22. The van der Waals surface area contributed by atoms with Gasteiger partial charge in [0.25, 0.3) is 0 Å². The van der Waals surface area contributed by atoms with Crippen LogP contribution >= 0.6 is 0 Å². The molecule has 0 saturated carbocycles. The van der Waals surface area contributed by atoms with Crippen molar-refractivity contribution < 1.29 is 14.6 Å². The van der Waals surface area contributed by atoms with Crippen LogP contribution in [-0.2, 0) is 4.79 Å². The molecule has 1 aromatic carbocycles. The molecule has 1 aromatic rings. The molecule has 0 aromatic heterocycles. The van der Waals surface area contributed by atoms with E-state index in [1.54, 1.807) is 12.0 Å². The summed E-state index contributed by atoms with van der Waals surface area (Å²) in [6, 6.07) is 5.61. The number of aryl methyl sites for hydroxylation is 1. The van der Waals surface area contributed by atoms with Crippen LogP contribution in [0.15, 0.2) is 18.2 Å². The van der Waals surface area contributed by atoms with Gasteiger partial charge in [0.1, 0.15) is 18.8 Å². The first-order valence-electron chi connectivity index (χ1n) is 4.67. The number of ether oxygens (including phenoxy) is 1. The van der Waals surface area contributed by atoms with E-state index < -0.39 is 0 Å². The fourth-order valence-electron chi connectivity index (χ4n) is 1.37. The smallest absolute Gasteiger partial charge is 0.142 e. The molecule has 0 saturated heterocycles. The molecule has 0 fully saturated rings. The van der Waals surface area contributed by atoms with Crippen LogP contribution in [0, 0.1) is 6.92 Å². The van der Waals surface area contributed by atoms with Crippen molar-refractivity contribution in [2.45, 2.75) is 6.92 Å². The molecule has 1 N–H and O–H groups in total. The van der Waals surface area contributed by atoms with Crippen LogP contribution in [0.2, 0.25) is 0 Å². The number of anilines is 1. The van der Waals surface area contributed by atoms with E-state index >= 15 is 0 Å². The second-order valence-electron chi connectivity index (χ2n) is 3.21. The summed E-state index contributed by atoms with van der Waals surface area (Å²) in [4.78, 5) is 12.0. The molecule has 82 valence electrons. The Balaban J connectivity index is 3.07. The van der Waals surface area contributed by atoms with Gasteiger partial charge in [0.2, 0.25) is 0 Å². The highest BCUT2D eigenvalue weighted by Crippen LogP contribution is 2.28. The summed E-state index contributed by atoms with van der Waals surface area (Å²) in [5.74, 6) is 0.650. The second-order valence-corrected chi connectivity index (χ2v) is 3.21. The highest BCUT2D eigenvalue weighted by Gasteiger charge is 2.10. The van der Waals surface area contributed by atoms with Crippen molar-refractivity contribution in [3.63, 3.8) is 0 Å². The SMILES string of the molecule is COc1ccc(C)cc1N(CO)CC=O. The van der Waals surface area contributed by atoms with Gasteiger partial charge >= 0.3 is 0 Å². The molecular weight excluding hydrogens is 194 g/mol. The average molecular weight is 209 g/mol. The first-order chi connectivity index (χ1) is 7.22. The van der Waals surface area contributed by atoms with Crippen molar-refractivity contribution >= 4 is 12.0 Å². The zero-order valence-electron chi connectivity index (χ0n) is 8.93. The maximum Gasteiger partial charge on any atom is 0.142 e. The maximum atomic E-state index is 10.4. The van der Waals surface area contributed by atoms with Gasteiger partial charge in [-0.15, -0.1) is 0 Å². The fraction of sp³-hybridized carbons (Fsp3) is 0.364. The first kappa shape index (κ1) is 11.5. The third kappa shape index (κ3) is 2.70. The Kier molecular flexibility index (Phi) is 4.12. The average Bonchev–Trinajstić information content (AvgIpc) is 2.26. The minimum absolute atomic E-state index is 0.149. The third-order valence-corrected chi connectivity index (χ3v) is 2.14. The Labute approximate surface area is 89.1 Å². The first-order valence-corrected chi connectivity index (χ1v) is 4.67. The number of aliphatic hydroxyl groups is 1. The van der Waals surface area contributed by atoms with Gasteiger partial charge in [-0.2, -0.15) is 0 Å². The van der Waals surface area contributed by atoms with E-state index in [9.17, 15) is 4.79 Å². The monoisotopic (exact) mass is 209 g/mol. The zero-order valence-corrected chi connectivity index (χ0v) is 8.93. The Morgan fingerprint density at radius 2 is 2.27 bits per heavy atom. The standard InChI is InChI=1S/C11H15NO3/c1-9-3-4-11(15-2)10(7-9)12(8-14)5-6-13/h3-4,6-7,14H,5,8H2,1-2H3. The quantitative estimate of drug-likeness (QED) is 0.579. The van der Waals surface area contributed by atoms with Crippen LogP contribution in [0.3, 0.4) is 0 Å². The Bertz CT molecular complexity index is 339. The zero-order chi connectivity index (χ0) is 11.3. The van der Waals surface area contributed by atoms with Gasteiger partial charge in [0, 0.05) is 0 Å². The molecule has 0 atom stereocenters. The lowest BCUT2D eigenvalue weighted by atomic mass is 10.2. The molecule has 0 aliphatic carbocycles. The predicted octanol–water partition coefficient (Wildman–Crippen LogP) is 0.959. The van der Waals surface area contributed by atoms with Gasteiger partial charge in [-0.05, 0) is 24.6 Å². The summed E-state index contributed by atoms with van der Waals surface area (Å²) in [6.07, 6.45) is 0.748. The second kappa shape index (κ2) is 5.36. The number of carbonyl (C=O) groups excluding carboxylic acids is 1. The molecule has 4 nitrogen and oxygen atoms in total. The molecule has 0 heterocycles. The Morgan fingerprint density at radius 1 is 1.53 bits per heavy atom. The third-order valence-electron chi connectivity index (χ3n) is 2.14. The number of nitrogens with zero attached hydrogens (tertiary/aromatic N) is 1. The number of aliphatic hydroxyl groups excluding tert-OH is 1. The van der Waals surface area contributed by atoms with E-state index in [0.29, 0.717) is 5.75 Å². The highest BCUT2D eigenvalue weighted by molar-refractivity contribution is 5.66. The molecule has 0 amide bonds. The highest BCUT2D eigenvalue weighted by atomic mass is 16.5. The summed E-state index contributed by atoms with van der Waals surface area (Å²) >= 11 is 0. The fourth-order valence-corrected chi connectivity index (χ4v) is 1.37. The number of hydrogen-bond donors (Lipinski definition) is 1. The summed E-state index contributed by atoms with van der Waals surface area (Å²) in [7, 11) is 1.56. The molecule has 1 rings (SSSR count). The lowest BCUT2D eigenvalue weighted by molar-refractivity contribution is -0.106. The van der Waals surface area contributed by atoms with Crippen molar-refractivity contribution in [1.82, 2.24) is 0 Å². The Hall–Kier alpha value is -1.55. The summed E-state index contributed by atoms with van der Waals surface area (Å²) < 4.78 is 5.16. The van der Waals surface area contributed by atoms with Gasteiger partial charge in [-0.3, -0.25) is 0 Å². The molecule has 0 aliphatic heterocycles. The van der Waals surface area contributed by atoms with Gasteiger partial charge < -0.3 is 19.5 Å². The molecular formula is C11H15NO3. The van der Waals surface area contributed by atoms with E-state index in [1.807, 2.05) is 25.1 Å². The number of rotatable bonds is 5. The van der Waals surface area contributed by atoms with E-state index in [0.717, 1.165) is 17.5 Å². The molecule has 15 heavy (non-hydrogen) atoms. The number of benzene rings is 1. The van der Waals surface area contributed by atoms with Crippen LogP contribution in [0.1, 0.15) is 5.56 Å². The largest absolute Gasteiger partial charge is 0.495 e. The van der Waals surface area contributed by atoms with Crippen molar-refractivity contribution in [1.29, 1.82) is 0 Å². The van der Waals surface area contributed by atoms with Gasteiger partial charge in [-0.1, -0.05) is 6.07 Å². The van der Waals surface area contributed by atoms with E-state index in [4.69, 9.17) is 9.84 Å². The van der Waals surface area contributed by atoms with Crippen LogP contribution < -0.4 is 9.64 Å². The predicted molar refractivity (Wildman–Crippen MR) is 58.2 cm³/mol. The number of hydrogen-bond acceptors (Lipinski definition) is 4. The minimum Gasteiger partial charge on any atom is -0.495 e. The summed E-state index contributed by atoms with van der Waals surface area (Å²) in [5, 5.41) is 9.13. The topological polar surface area (TPSA) is 49.8 Å². The Morgan fingerprint density at radius 3 is 2.80 bits per heavy atom. The van der Waals surface area contributed by atoms with E-state index in [1.165, 1.54) is 0 Å². The molecule has 4 heteroatoms. The van der Waals surface area contributed by atoms with Crippen LogP contribution in [0.5, 0.6) is 5.75 Å².